The van der Waals surface area contributed by atoms with Crippen molar-refractivity contribution in [1.82, 2.24) is 0 Å². The van der Waals surface area contributed by atoms with Crippen LogP contribution in [0.1, 0.15) is 27.2 Å². The normalized spacial score (nSPS) is 16.2. The van der Waals surface area contributed by atoms with E-state index in [1.54, 1.807) is 20.8 Å². The summed E-state index contributed by atoms with van der Waals surface area (Å²) in [6.45, 7) is 4.83. The summed E-state index contributed by atoms with van der Waals surface area (Å²) in [7, 11) is 0.394. The van der Waals surface area contributed by atoms with Crippen molar-refractivity contribution in [3.8, 4) is 0 Å². The molecular formula is C7H15F3O2Si. The summed E-state index contributed by atoms with van der Waals surface area (Å²) in [4.78, 5) is 0. The van der Waals surface area contributed by atoms with Gasteiger partial charge in [-0.15, -0.1) is 13.2 Å². The average molecular weight is 216 g/mol. The molecule has 0 radical (unpaired) electrons. The lowest BCUT2D eigenvalue weighted by Gasteiger charge is -2.33. The quantitative estimate of drug-likeness (QED) is 0.661. The van der Waals surface area contributed by atoms with Crippen molar-refractivity contribution >= 4 is 10.5 Å². The van der Waals surface area contributed by atoms with Gasteiger partial charge in [0, 0.05) is 0 Å². The van der Waals surface area contributed by atoms with Gasteiger partial charge >= 0.3 is 6.36 Å². The third kappa shape index (κ3) is 4.63. The average Bonchev–Trinajstić information content (AvgIpc) is 1.98. The topological polar surface area (TPSA) is 18.5 Å². The van der Waals surface area contributed by atoms with E-state index in [-0.39, 0.29) is 6.42 Å². The number of ether oxygens (including phenoxy) is 1. The lowest BCUT2D eigenvalue weighted by atomic mass is 10.00. The summed E-state index contributed by atoms with van der Waals surface area (Å²) in [6.07, 6.45) is -5.25. The number of alkyl halides is 3. The van der Waals surface area contributed by atoms with Crippen LogP contribution >= 0.6 is 0 Å². The van der Waals surface area contributed by atoms with Crippen LogP contribution < -0.4 is 0 Å². The Kier molecular flexibility index (Phi) is 4.41. The monoisotopic (exact) mass is 216 g/mol. The van der Waals surface area contributed by atoms with Gasteiger partial charge in [0.05, 0.1) is 11.7 Å². The second-order valence-electron chi connectivity index (χ2n) is 3.27. The van der Waals surface area contributed by atoms with Crippen LogP contribution in [-0.2, 0) is 9.16 Å². The zero-order valence-electron chi connectivity index (χ0n) is 8.23. The number of halogens is 3. The molecule has 0 heterocycles. The molecule has 0 fully saturated rings. The zero-order chi connectivity index (χ0) is 10.7. The van der Waals surface area contributed by atoms with Gasteiger partial charge in [0.1, 0.15) is 10.5 Å². The first-order valence-corrected chi connectivity index (χ1v) is 4.84. The summed E-state index contributed by atoms with van der Waals surface area (Å²) in [5.74, 6) is 0. The first kappa shape index (κ1) is 12.9. The molecule has 0 saturated heterocycles. The smallest absolute Gasteiger partial charge is 0.420 e. The fraction of sp³-hybridized carbons (Fsp3) is 1.00. The highest BCUT2D eigenvalue weighted by Gasteiger charge is 2.39. The van der Waals surface area contributed by atoms with Gasteiger partial charge in [-0.3, -0.25) is 4.74 Å². The third-order valence-electron chi connectivity index (χ3n) is 1.95. The van der Waals surface area contributed by atoms with Crippen LogP contribution in [0.25, 0.3) is 0 Å². The van der Waals surface area contributed by atoms with Gasteiger partial charge in [-0.1, -0.05) is 6.92 Å². The van der Waals surface area contributed by atoms with Crippen molar-refractivity contribution < 1.29 is 22.3 Å². The van der Waals surface area contributed by atoms with E-state index in [1.807, 2.05) is 0 Å². The molecule has 0 aromatic carbocycles. The molecule has 0 aliphatic heterocycles. The molecule has 0 aromatic rings. The fourth-order valence-electron chi connectivity index (χ4n) is 1.01. The van der Waals surface area contributed by atoms with E-state index < -0.39 is 18.1 Å². The number of hydrogen-bond donors (Lipinski definition) is 0. The molecule has 0 spiro atoms. The molecule has 80 valence electrons. The predicted octanol–water partition coefficient (Wildman–Crippen LogP) is 1.38. The Morgan fingerprint density at radius 3 is 2.00 bits per heavy atom. The van der Waals surface area contributed by atoms with E-state index in [9.17, 15) is 13.2 Å². The molecule has 0 bridgehead atoms. The largest absolute Gasteiger partial charge is 0.522 e. The Bertz CT molecular complexity index is 158. The minimum Gasteiger partial charge on any atom is -0.420 e. The van der Waals surface area contributed by atoms with Crippen LogP contribution in [0.15, 0.2) is 0 Å². The molecule has 1 atom stereocenters. The molecule has 0 aromatic heterocycles. The van der Waals surface area contributed by atoms with Crippen LogP contribution in [0, 0.1) is 0 Å². The van der Waals surface area contributed by atoms with E-state index in [4.69, 9.17) is 4.43 Å². The van der Waals surface area contributed by atoms with E-state index in [0.29, 0.717) is 10.5 Å². The van der Waals surface area contributed by atoms with Crippen molar-refractivity contribution in [2.24, 2.45) is 0 Å². The van der Waals surface area contributed by atoms with Gasteiger partial charge < -0.3 is 4.43 Å². The van der Waals surface area contributed by atoms with Gasteiger partial charge in [0.25, 0.3) is 0 Å². The molecule has 0 amide bonds. The maximum Gasteiger partial charge on any atom is 0.522 e. The SMILES string of the molecule is CCC(OC(F)(F)F)C(C)(C)O[SiH3]. The maximum absolute atomic E-state index is 11.9. The first-order valence-electron chi connectivity index (χ1n) is 4.02. The van der Waals surface area contributed by atoms with Crippen LogP contribution in [0.4, 0.5) is 13.2 Å². The molecule has 0 saturated carbocycles. The van der Waals surface area contributed by atoms with Crippen molar-refractivity contribution in [2.75, 3.05) is 0 Å². The van der Waals surface area contributed by atoms with Gasteiger partial charge in [0.15, 0.2) is 0 Å². The van der Waals surface area contributed by atoms with Crippen molar-refractivity contribution in [3.63, 3.8) is 0 Å². The van der Waals surface area contributed by atoms with Crippen LogP contribution in [0.5, 0.6) is 0 Å². The second kappa shape index (κ2) is 4.43. The van der Waals surface area contributed by atoms with E-state index in [2.05, 4.69) is 4.74 Å². The maximum atomic E-state index is 11.9. The highest BCUT2D eigenvalue weighted by atomic mass is 28.2. The Hall–Kier alpha value is -0.0731. The Labute approximate surface area is 78.9 Å². The standard InChI is InChI=1S/C7H15F3O2Si/c1-4-5(6(2,3)12-13)11-7(8,9)10/h5H,4H2,1-3,13H3. The van der Waals surface area contributed by atoms with E-state index >= 15 is 0 Å². The molecule has 0 aliphatic carbocycles. The molecule has 1 unspecified atom stereocenters. The van der Waals surface area contributed by atoms with Crippen molar-refractivity contribution in [3.05, 3.63) is 0 Å². The van der Waals surface area contributed by atoms with Crippen LogP contribution in [0.3, 0.4) is 0 Å². The summed E-state index contributed by atoms with van der Waals surface area (Å²) >= 11 is 0. The third-order valence-corrected chi connectivity index (χ3v) is 3.00. The molecule has 0 N–H and O–H groups in total. The molecule has 0 rings (SSSR count). The number of rotatable bonds is 4. The van der Waals surface area contributed by atoms with Crippen molar-refractivity contribution in [1.29, 1.82) is 0 Å². The summed E-state index contributed by atoms with van der Waals surface area (Å²) in [5, 5.41) is 0. The Morgan fingerprint density at radius 1 is 1.31 bits per heavy atom. The first-order chi connectivity index (χ1) is 5.73. The molecule has 0 aliphatic rings. The van der Waals surface area contributed by atoms with Gasteiger partial charge in [-0.2, -0.15) is 0 Å². The summed E-state index contributed by atoms with van der Waals surface area (Å²) < 4.78 is 44.7. The van der Waals surface area contributed by atoms with Gasteiger partial charge in [-0.25, -0.2) is 0 Å². The molecule has 6 heteroatoms. The highest BCUT2D eigenvalue weighted by Crippen LogP contribution is 2.27. The van der Waals surface area contributed by atoms with Crippen molar-refractivity contribution in [2.45, 2.75) is 45.3 Å². The minimum atomic E-state index is -4.59. The highest BCUT2D eigenvalue weighted by molar-refractivity contribution is 5.98. The second-order valence-corrected chi connectivity index (χ2v) is 3.68. The zero-order valence-corrected chi connectivity index (χ0v) is 10.2. The fourth-order valence-corrected chi connectivity index (χ4v) is 1.27. The number of hydrogen-bond acceptors (Lipinski definition) is 2. The molecule has 2 nitrogen and oxygen atoms in total. The lowest BCUT2D eigenvalue weighted by Crippen LogP contribution is -2.43. The van der Waals surface area contributed by atoms with Crippen LogP contribution in [0.2, 0.25) is 0 Å². The summed E-state index contributed by atoms with van der Waals surface area (Å²) in [6, 6.07) is 0. The van der Waals surface area contributed by atoms with Crippen LogP contribution in [-0.4, -0.2) is 28.6 Å². The predicted molar refractivity (Wildman–Crippen MR) is 46.3 cm³/mol. The lowest BCUT2D eigenvalue weighted by molar-refractivity contribution is -0.356. The van der Waals surface area contributed by atoms with Gasteiger partial charge in [-0.05, 0) is 20.3 Å². The molecule has 13 heavy (non-hydrogen) atoms. The minimum absolute atomic E-state index is 0.273. The molecular weight excluding hydrogens is 201 g/mol. The Morgan fingerprint density at radius 2 is 1.77 bits per heavy atom. The summed E-state index contributed by atoms with van der Waals surface area (Å²) in [5.41, 5.74) is -0.865. The van der Waals surface area contributed by atoms with E-state index in [1.165, 1.54) is 0 Å². The Balaban J connectivity index is 4.35. The van der Waals surface area contributed by atoms with Gasteiger partial charge in [0.2, 0.25) is 0 Å². The van der Waals surface area contributed by atoms with E-state index in [0.717, 1.165) is 0 Å².